The standard InChI is InChI=1S/C10H6N8O4/c19-6-3-5(15-8(21)18-6)17-10(13-3)22-9-12-2-1-11-7(20)14-4(2)16-9/h1H,(H2,11,12,14,16,20)(H3,13,15,17,18,19,21). The van der Waals surface area contributed by atoms with Crippen LogP contribution in [0.25, 0.3) is 22.3 Å². The van der Waals surface area contributed by atoms with Crippen molar-refractivity contribution in [1.29, 1.82) is 0 Å². The highest BCUT2D eigenvalue weighted by Gasteiger charge is 2.12. The molecule has 0 unspecified atom stereocenters. The van der Waals surface area contributed by atoms with Crippen LogP contribution in [0.3, 0.4) is 0 Å². The number of nitrogens with one attached hydrogen (secondary N) is 5. The first-order valence-corrected chi connectivity index (χ1v) is 5.94. The second-order valence-electron chi connectivity index (χ2n) is 4.27. The second-order valence-corrected chi connectivity index (χ2v) is 4.27. The Hall–Kier alpha value is -3.70. The summed E-state index contributed by atoms with van der Waals surface area (Å²) in [6.07, 6.45) is 1.30. The molecule has 12 nitrogen and oxygen atoms in total. The van der Waals surface area contributed by atoms with Gasteiger partial charge in [-0.15, -0.1) is 0 Å². The van der Waals surface area contributed by atoms with Crippen molar-refractivity contribution in [2.45, 2.75) is 0 Å². The Bertz CT molecular complexity index is 1180. The van der Waals surface area contributed by atoms with Crippen LogP contribution in [-0.4, -0.2) is 39.9 Å². The number of rotatable bonds is 2. The van der Waals surface area contributed by atoms with Gasteiger partial charge in [0.2, 0.25) is 0 Å². The topological polar surface area (TPSA) is 178 Å². The summed E-state index contributed by atoms with van der Waals surface area (Å²) in [6, 6.07) is -0.0341. The van der Waals surface area contributed by atoms with Gasteiger partial charge in [-0.25, -0.2) is 9.59 Å². The summed E-state index contributed by atoms with van der Waals surface area (Å²) in [7, 11) is 0. The van der Waals surface area contributed by atoms with E-state index < -0.39 is 16.9 Å². The van der Waals surface area contributed by atoms with Crippen LogP contribution in [-0.2, 0) is 0 Å². The zero-order chi connectivity index (χ0) is 15.3. The van der Waals surface area contributed by atoms with E-state index in [0.717, 1.165) is 0 Å². The lowest BCUT2D eigenvalue weighted by Crippen LogP contribution is -2.21. The fourth-order valence-electron chi connectivity index (χ4n) is 1.91. The van der Waals surface area contributed by atoms with Crippen LogP contribution in [0.4, 0.5) is 0 Å². The number of hydrogen-bond donors (Lipinski definition) is 5. The molecule has 4 aromatic heterocycles. The summed E-state index contributed by atoms with van der Waals surface area (Å²) in [5.41, 5.74) is -1.02. The van der Waals surface area contributed by atoms with Gasteiger partial charge in [0, 0.05) is 0 Å². The highest BCUT2D eigenvalue weighted by Crippen LogP contribution is 2.18. The molecule has 12 heteroatoms. The molecule has 0 atom stereocenters. The highest BCUT2D eigenvalue weighted by molar-refractivity contribution is 5.70. The van der Waals surface area contributed by atoms with Crippen LogP contribution >= 0.6 is 0 Å². The Labute approximate surface area is 117 Å². The fraction of sp³-hybridized carbons (Fsp3) is 0. The maximum absolute atomic E-state index is 11.6. The van der Waals surface area contributed by atoms with Gasteiger partial charge in [0.1, 0.15) is 5.52 Å². The van der Waals surface area contributed by atoms with Gasteiger partial charge in [0.15, 0.2) is 16.8 Å². The van der Waals surface area contributed by atoms with E-state index in [1.807, 2.05) is 0 Å². The summed E-state index contributed by atoms with van der Waals surface area (Å²) in [6.45, 7) is 0. The predicted octanol–water partition coefficient (Wildman–Crippen LogP) is -1.31. The van der Waals surface area contributed by atoms with Crippen LogP contribution in [0.5, 0.6) is 12.0 Å². The van der Waals surface area contributed by atoms with Crippen molar-refractivity contribution in [2.24, 2.45) is 0 Å². The Morgan fingerprint density at radius 3 is 2.50 bits per heavy atom. The molecule has 4 aromatic rings. The Morgan fingerprint density at radius 2 is 1.64 bits per heavy atom. The van der Waals surface area contributed by atoms with Crippen molar-refractivity contribution < 1.29 is 4.74 Å². The number of fused-ring (bicyclic) bond motifs is 2. The minimum absolute atomic E-state index is 0.0245. The highest BCUT2D eigenvalue weighted by atomic mass is 16.5. The monoisotopic (exact) mass is 302 g/mol. The maximum atomic E-state index is 11.6. The minimum Gasteiger partial charge on any atom is -0.391 e. The first-order chi connectivity index (χ1) is 10.6. The van der Waals surface area contributed by atoms with Gasteiger partial charge < -0.3 is 14.7 Å². The molecular weight excluding hydrogens is 296 g/mol. The van der Waals surface area contributed by atoms with E-state index in [1.54, 1.807) is 0 Å². The van der Waals surface area contributed by atoms with Crippen LogP contribution in [0, 0.1) is 0 Å². The van der Waals surface area contributed by atoms with Crippen LogP contribution in [0.1, 0.15) is 0 Å². The molecule has 0 aliphatic rings. The smallest absolute Gasteiger partial charge is 0.346 e. The third kappa shape index (κ3) is 1.86. The summed E-state index contributed by atoms with van der Waals surface area (Å²) >= 11 is 0. The van der Waals surface area contributed by atoms with Crippen LogP contribution < -0.4 is 21.7 Å². The largest absolute Gasteiger partial charge is 0.391 e. The molecule has 110 valence electrons. The molecule has 0 spiro atoms. The fourth-order valence-corrected chi connectivity index (χ4v) is 1.91. The average molecular weight is 302 g/mol. The molecule has 4 heterocycles. The van der Waals surface area contributed by atoms with Gasteiger partial charge in [0.05, 0.1) is 6.20 Å². The molecule has 0 bridgehead atoms. The lowest BCUT2D eigenvalue weighted by molar-refractivity contribution is 0.419. The molecule has 0 saturated heterocycles. The normalized spacial score (nSPS) is 11.3. The number of aromatic amines is 5. The lowest BCUT2D eigenvalue weighted by Gasteiger charge is -1.93. The van der Waals surface area contributed by atoms with E-state index in [1.165, 1.54) is 6.20 Å². The summed E-state index contributed by atoms with van der Waals surface area (Å²) in [5, 5.41) is 0. The van der Waals surface area contributed by atoms with Crippen molar-refractivity contribution in [3.8, 4) is 12.0 Å². The van der Waals surface area contributed by atoms with Gasteiger partial charge in [-0.3, -0.25) is 19.7 Å². The summed E-state index contributed by atoms with van der Waals surface area (Å²) in [4.78, 5) is 57.4. The molecule has 0 aliphatic heterocycles. The maximum Gasteiger partial charge on any atom is 0.346 e. The molecule has 0 amide bonds. The van der Waals surface area contributed by atoms with Gasteiger partial charge in [-0.1, -0.05) is 0 Å². The Kier molecular flexibility index (Phi) is 2.27. The van der Waals surface area contributed by atoms with Crippen LogP contribution in [0.2, 0.25) is 0 Å². The van der Waals surface area contributed by atoms with E-state index in [2.05, 4.69) is 39.9 Å². The van der Waals surface area contributed by atoms with Gasteiger partial charge in [-0.05, 0) is 0 Å². The molecule has 5 N–H and O–H groups in total. The van der Waals surface area contributed by atoms with Crippen LogP contribution in [0.15, 0.2) is 20.6 Å². The third-order valence-corrected chi connectivity index (χ3v) is 2.81. The van der Waals surface area contributed by atoms with E-state index in [0.29, 0.717) is 5.52 Å². The van der Waals surface area contributed by atoms with Crippen molar-refractivity contribution >= 4 is 22.3 Å². The molecule has 0 saturated carbocycles. The number of H-pyrrole nitrogens is 5. The van der Waals surface area contributed by atoms with Gasteiger partial charge >= 0.3 is 23.4 Å². The molecule has 22 heavy (non-hydrogen) atoms. The molecule has 0 fully saturated rings. The molecule has 0 aromatic carbocycles. The molecular formula is C10H6N8O4. The first kappa shape index (κ1) is 12.1. The zero-order valence-corrected chi connectivity index (χ0v) is 10.6. The number of nitrogens with zero attached hydrogens (tertiary/aromatic N) is 3. The Morgan fingerprint density at radius 1 is 0.864 bits per heavy atom. The van der Waals surface area contributed by atoms with Crippen molar-refractivity contribution in [2.75, 3.05) is 0 Å². The third-order valence-electron chi connectivity index (χ3n) is 2.81. The predicted molar refractivity (Wildman–Crippen MR) is 71.9 cm³/mol. The lowest BCUT2D eigenvalue weighted by atomic mass is 10.5. The van der Waals surface area contributed by atoms with Crippen molar-refractivity contribution in [1.82, 2.24) is 39.9 Å². The molecule has 0 aliphatic carbocycles. The molecule has 4 rings (SSSR count). The number of ether oxygens (including phenoxy) is 1. The number of imidazole rings is 2. The number of aromatic nitrogens is 8. The van der Waals surface area contributed by atoms with E-state index in [4.69, 9.17) is 4.74 Å². The van der Waals surface area contributed by atoms with E-state index in [-0.39, 0.29) is 28.8 Å². The van der Waals surface area contributed by atoms with Gasteiger partial charge in [-0.2, -0.15) is 15.0 Å². The first-order valence-electron chi connectivity index (χ1n) is 5.94. The second kappa shape index (κ2) is 4.15. The summed E-state index contributed by atoms with van der Waals surface area (Å²) < 4.78 is 5.33. The number of hydrogen-bond acceptors (Lipinski definition) is 7. The molecule has 0 radical (unpaired) electrons. The van der Waals surface area contributed by atoms with Gasteiger partial charge in [0.25, 0.3) is 5.56 Å². The SMILES string of the molecule is O=c1ncc2[nH]c(Oc3nc4[nH]c(=O)[nH]c(=O)c4[nH]3)nc2[nH]1. The summed E-state index contributed by atoms with van der Waals surface area (Å²) in [5.74, 6) is 0. The van der Waals surface area contributed by atoms with Crippen molar-refractivity contribution in [3.63, 3.8) is 0 Å². The average Bonchev–Trinajstić information content (AvgIpc) is 3.01. The Balaban J connectivity index is 1.78. The quantitative estimate of drug-likeness (QED) is 0.305. The van der Waals surface area contributed by atoms with E-state index >= 15 is 0 Å². The van der Waals surface area contributed by atoms with E-state index in [9.17, 15) is 14.4 Å². The minimum atomic E-state index is -0.678. The zero-order valence-electron chi connectivity index (χ0n) is 10.6. The van der Waals surface area contributed by atoms with Crippen molar-refractivity contribution in [3.05, 3.63) is 37.5 Å².